The number of hydrogen-bond donors (Lipinski definition) is 1. The van der Waals surface area contributed by atoms with Gasteiger partial charge in [-0.1, -0.05) is 42.5 Å². The average Bonchev–Trinajstić information content (AvgIpc) is 2.65. The summed E-state index contributed by atoms with van der Waals surface area (Å²) >= 11 is 0. The Balaban J connectivity index is 1.62. The molecule has 0 atom stereocenters. The summed E-state index contributed by atoms with van der Waals surface area (Å²) in [7, 11) is 1.68. The summed E-state index contributed by atoms with van der Waals surface area (Å²) in [5.41, 5.74) is 2.98. The Bertz CT molecular complexity index is 827. The minimum atomic E-state index is -0.433. The second-order valence-electron chi connectivity index (χ2n) is 5.75. The van der Waals surface area contributed by atoms with Gasteiger partial charge in [0.05, 0.1) is 0 Å². The summed E-state index contributed by atoms with van der Waals surface area (Å²) in [5.74, 6) is 0.760. The zero-order chi connectivity index (χ0) is 17.6. The van der Waals surface area contributed by atoms with Crippen LogP contribution in [-0.4, -0.2) is 18.2 Å². The third-order valence-corrected chi connectivity index (χ3v) is 3.89. The van der Waals surface area contributed by atoms with Crippen molar-refractivity contribution in [3.05, 3.63) is 90.0 Å². The SMILES string of the molecule is CN(C(=O)Oc1ccc(Cc2ccc(O)cc2)cc1)c1ccccc1. The smallest absolute Gasteiger partial charge is 0.419 e. The molecule has 4 heteroatoms. The molecule has 0 aliphatic rings. The molecule has 3 aromatic carbocycles. The first-order chi connectivity index (χ1) is 12.1. The van der Waals surface area contributed by atoms with E-state index in [1.54, 1.807) is 31.3 Å². The van der Waals surface area contributed by atoms with Crippen molar-refractivity contribution < 1.29 is 14.6 Å². The molecule has 126 valence electrons. The molecule has 1 amide bonds. The highest BCUT2D eigenvalue weighted by molar-refractivity contribution is 5.88. The number of hydrogen-bond acceptors (Lipinski definition) is 3. The van der Waals surface area contributed by atoms with Crippen LogP contribution in [0.5, 0.6) is 11.5 Å². The maximum atomic E-state index is 12.2. The van der Waals surface area contributed by atoms with E-state index in [-0.39, 0.29) is 5.75 Å². The molecule has 1 N–H and O–H groups in total. The molecule has 0 saturated heterocycles. The van der Waals surface area contributed by atoms with Gasteiger partial charge in [-0.3, -0.25) is 4.90 Å². The first-order valence-electron chi connectivity index (χ1n) is 7.99. The third kappa shape index (κ3) is 4.38. The van der Waals surface area contributed by atoms with E-state index in [0.29, 0.717) is 5.75 Å². The minimum absolute atomic E-state index is 0.258. The Kier molecular flexibility index (Phi) is 5.00. The molecule has 3 rings (SSSR count). The Labute approximate surface area is 146 Å². The second kappa shape index (κ2) is 7.53. The highest BCUT2D eigenvalue weighted by Gasteiger charge is 2.12. The standard InChI is InChI=1S/C21H19NO3/c1-22(18-5-3-2-4-6-18)21(24)25-20-13-9-17(10-14-20)15-16-7-11-19(23)12-8-16/h2-14,23H,15H2,1H3. The lowest BCUT2D eigenvalue weighted by Gasteiger charge is -2.16. The number of ether oxygens (including phenoxy) is 1. The van der Waals surface area contributed by atoms with Crippen molar-refractivity contribution in [3.63, 3.8) is 0 Å². The molecule has 0 aliphatic carbocycles. The van der Waals surface area contributed by atoms with Gasteiger partial charge in [-0.2, -0.15) is 0 Å². The molecule has 0 aliphatic heterocycles. The summed E-state index contributed by atoms with van der Waals surface area (Å²) in [6.07, 6.45) is 0.316. The normalized spacial score (nSPS) is 10.3. The molecule has 0 saturated carbocycles. The van der Waals surface area contributed by atoms with Gasteiger partial charge < -0.3 is 9.84 Å². The van der Waals surface area contributed by atoms with E-state index >= 15 is 0 Å². The Morgan fingerprint density at radius 2 is 1.44 bits per heavy atom. The van der Waals surface area contributed by atoms with Crippen molar-refractivity contribution in [2.45, 2.75) is 6.42 Å². The monoisotopic (exact) mass is 333 g/mol. The molecule has 4 nitrogen and oxygen atoms in total. The van der Waals surface area contributed by atoms with Crippen LogP contribution in [-0.2, 0) is 6.42 Å². The third-order valence-electron chi connectivity index (χ3n) is 3.89. The van der Waals surface area contributed by atoms with Crippen molar-refractivity contribution in [2.24, 2.45) is 0 Å². The van der Waals surface area contributed by atoms with Gasteiger partial charge in [-0.25, -0.2) is 4.79 Å². The van der Waals surface area contributed by atoms with E-state index < -0.39 is 6.09 Å². The van der Waals surface area contributed by atoms with Crippen molar-refractivity contribution in [2.75, 3.05) is 11.9 Å². The van der Waals surface area contributed by atoms with E-state index in [1.165, 1.54) is 4.90 Å². The molecule has 25 heavy (non-hydrogen) atoms. The lowest BCUT2D eigenvalue weighted by molar-refractivity contribution is 0.209. The highest BCUT2D eigenvalue weighted by atomic mass is 16.6. The van der Waals surface area contributed by atoms with Gasteiger partial charge in [-0.15, -0.1) is 0 Å². The zero-order valence-electron chi connectivity index (χ0n) is 13.9. The maximum absolute atomic E-state index is 12.2. The van der Waals surface area contributed by atoms with Gasteiger partial charge in [-0.05, 0) is 53.9 Å². The van der Waals surface area contributed by atoms with E-state index in [2.05, 4.69) is 0 Å². The number of phenolic OH excluding ortho intramolecular Hbond substituents is 1. The first-order valence-corrected chi connectivity index (χ1v) is 7.99. The van der Waals surface area contributed by atoms with Crippen LogP contribution in [0.15, 0.2) is 78.9 Å². The van der Waals surface area contributed by atoms with Gasteiger partial charge in [0.2, 0.25) is 0 Å². The number of rotatable bonds is 4. The summed E-state index contributed by atoms with van der Waals surface area (Å²) < 4.78 is 5.41. The number of nitrogens with zero attached hydrogens (tertiary/aromatic N) is 1. The molecule has 0 aromatic heterocycles. The topological polar surface area (TPSA) is 49.8 Å². The first kappa shape index (κ1) is 16.6. The van der Waals surface area contributed by atoms with Gasteiger partial charge in [0.1, 0.15) is 11.5 Å². The van der Waals surface area contributed by atoms with Gasteiger partial charge in [0.25, 0.3) is 0 Å². The zero-order valence-corrected chi connectivity index (χ0v) is 13.9. The predicted octanol–water partition coefficient (Wildman–Crippen LogP) is 4.62. The predicted molar refractivity (Wildman–Crippen MR) is 98.2 cm³/mol. The van der Waals surface area contributed by atoms with E-state index in [1.807, 2.05) is 54.6 Å². The number of anilines is 1. The number of carbonyl (C=O) groups is 1. The van der Waals surface area contributed by atoms with Crippen LogP contribution in [0.25, 0.3) is 0 Å². The van der Waals surface area contributed by atoms with Crippen LogP contribution >= 0.6 is 0 Å². The quantitative estimate of drug-likeness (QED) is 0.758. The molecule has 0 fully saturated rings. The van der Waals surface area contributed by atoms with Crippen LogP contribution in [0, 0.1) is 0 Å². The molecule has 0 spiro atoms. The van der Waals surface area contributed by atoms with Crippen LogP contribution in [0.4, 0.5) is 10.5 Å². The number of benzene rings is 3. The van der Waals surface area contributed by atoms with Crippen molar-refractivity contribution in [1.82, 2.24) is 0 Å². The van der Waals surface area contributed by atoms with Crippen LogP contribution in [0.3, 0.4) is 0 Å². The fourth-order valence-electron chi connectivity index (χ4n) is 2.45. The van der Waals surface area contributed by atoms with Crippen LogP contribution in [0.1, 0.15) is 11.1 Å². The second-order valence-corrected chi connectivity index (χ2v) is 5.75. The van der Waals surface area contributed by atoms with Crippen LogP contribution < -0.4 is 9.64 Å². The summed E-state index contributed by atoms with van der Waals surface area (Å²) in [4.78, 5) is 13.7. The Morgan fingerprint density at radius 3 is 2.04 bits per heavy atom. The fourth-order valence-corrected chi connectivity index (χ4v) is 2.45. The number of aromatic hydroxyl groups is 1. The molecule has 3 aromatic rings. The minimum Gasteiger partial charge on any atom is -0.508 e. The molecular formula is C21H19NO3. The molecule has 0 radical (unpaired) electrons. The highest BCUT2D eigenvalue weighted by Crippen LogP contribution is 2.19. The summed E-state index contributed by atoms with van der Waals surface area (Å²) in [6, 6.07) is 23.9. The maximum Gasteiger partial charge on any atom is 0.419 e. The molecule has 0 bridgehead atoms. The number of carbonyl (C=O) groups excluding carboxylic acids is 1. The molecule has 0 heterocycles. The lowest BCUT2D eigenvalue weighted by Crippen LogP contribution is -2.29. The van der Waals surface area contributed by atoms with Gasteiger partial charge in [0.15, 0.2) is 0 Å². The molecular weight excluding hydrogens is 314 g/mol. The van der Waals surface area contributed by atoms with Gasteiger partial charge in [0, 0.05) is 12.7 Å². The number of amides is 1. The summed E-state index contributed by atoms with van der Waals surface area (Å²) in [5, 5.41) is 9.32. The van der Waals surface area contributed by atoms with E-state index in [9.17, 15) is 9.90 Å². The fraction of sp³-hybridized carbons (Fsp3) is 0.0952. The Morgan fingerprint density at radius 1 is 0.880 bits per heavy atom. The average molecular weight is 333 g/mol. The van der Waals surface area contributed by atoms with Crippen molar-refractivity contribution >= 4 is 11.8 Å². The summed E-state index contributed by atoms with van der Waals surface area (Å²) in [6.45, 7) is 0. The van der Waals surface area contributed by atoms with Crippen molar-refractivity contribution in [3.8, 4) is 11.5 Å². The van der Waals surface area contributed by atoms with Crippen LogP contribution in [0.2, 0.25) is 0 Å². The van der Waals surface area contributed by atoms with E-state index in [4.69, 9.17) is 4.74 Å². The van der Waals surface area contributed by atoms with E-state index in [0.717, 1.165) is 23.2 Å². The van der Waals surface area contributed by atoms with Gasteiger partial charge >= 0.3 is 6.09 Å². The Hall–Kier alpha value is -3.27. The molecule has 0 unspecified atom stereocenters. The largest absolute Gasteiger partial charge is 0.508 e. The van der Waals surface area contributed by atoms with Crippen molar-refractivity contribution in [1.29, 1.82) is 0 Å². The lowest BCUT2D eigenvalue weighted by atomic mass is 10.0. The number of para-hydroxylation sites is 1. The number of phenols is 1.